The van der Waals surface area contributed by atoms with Crippen LogP contribution >= 0.6 is 0 Å². The van der Waals surface area contributed by atoms with Crippen LogP contribution in [-0.2, 0) is 9.53 Å². The third kappa shape index (κ3) is 2.63. The second kappa shape index (κ2) is 5.69. The second-order valence-electron chi connectivity index (χ2n) is 3.77. The molecule has 1 fully saturated rings. The van der Waals surface area contributed by atoms with Crippen molar-refractivity contribution in [2.24, 2.45) is 5.11 Å². The highest BCUT2D eigenvalue weighted by Crippen LogP contribution is 2.26. The van der Waals surface area contributed by atoms with E-state index in [9.17, 15) is 9.90 Å². The normalized spacial score (nSPS) is 28.7. The van der Waals surface area contributed by atoms with Crippen molar-refractivity contribution >= 4 is 5.97 Å². The van der Waals surface area contributed by atoms with Gasteiger partial charge in [-0.1, -0.05) is 5.11 Å². The Balaban J connectivity index is 2.46. The number of nitrogens with zero attached hydrogens (tertiary/aromatic N) is 3. The molecule has 90 valence electrons. The lowest BCUT2D eigenvalue weighted by Crippen LogP contribution is -2.57. The Morgan fingerprint density at radius 3 is 3.06 bits per heavy atom. The van der Waals surface area contributed by atoms with Crippen LogP contribution in [0, 0.1) is 0 Å². The summed E-state index contributed by atoms with van der Waals surface area (Å²) < 4.78 is 5.28. The van der Waals surface area contributed by atoms with Crippen LogP contribution in [0.1, 0.15) is 19.8 Å². The molecule has 2 N–H and O–H groups in total. The van der Waals surface area contributed by atoms with Gasteiger partial charge in [-0.2, -0.15) is 0 Å². The number of nitrogens with one attached hydrogen (secondary N) is 1. The van der Waals surface area contributed by atoms with Gasteiger partial charge >= 0.3 is 5.97 Å². The van der Waals surface area contributed by atoms with Crippen LogP contribution in [0.4, 0.5) is 0 Å². The summed E-state index contributed by atoms with van der Waals surface area (Å²) in [7, 11) is 0. The van der Waals surface area contributed by atoms with E-state index in [1.807, 2.05) is 0 Å². The van der Waals surface area contributed by atoms with Gasteiger partial charge in [0, 0.05) is 24.5 Å². The lowest BCUT2D eigenvalue weighted by atomic mass is 9.92. The lowest BCUT2D eigenvalue weighted by molar-refractivity contribution is -0.147. The third-order valence-corrected chi connectivity index (χ3v) is 2.88. The Morgan fingerprint density at radius 1 is 1.81 bits per heavy atom. The van der Waals surface area contributed by atoms with Crippen LogP contribution in [-0.4, -0.2) is 42.4 Å². The van der Waals surface area contributed by atoms with Gasteiger partial charge in [-0.3, -0.25) is 10.1 Å². The van der Waals surface area contributed by atoms with Crippen molar-refractivity contribution in [1.82, 2.24) is 5.32 Å². The fourth-order valence-corrected chi connectivity index (χ4v) is 1.84. The van der Waals surface area contributed by atoms with Crippen molar-refractivity contribution < 1.29 is 14.6 Å². The molecule has 0 saturated carbocycles. The van der Waals surface area contributed by atoms with Gasteiger partial charge in [-0.05, 0) is 25.4 Å². The minimum atomic E-state index is -0.990. The maximum atomic E-state index is 11.2. The molecule has 7 nitrogen and oxygen atoms in total. The Morgan fingerprint density at radius 2 is 2.56 bits per heavy atom. The topological polar surface area (TPSA) is 107 Å². The van der Waals surface area contributed by atoms with Crippen molar-refractivity contribution in [3.05, 3.63) is 10.4 Å². The van der Waals surface area contributed by atoms with Crippen LogP contribution < -0.4 is 5.32 Å². The number of azide groups is 1. The number of carbonyl (C=O) groups is 1. The molecule has 7 heteroatoms. The number of hydrogen-bond donors (Lipinski definition) is 2. The zero-order chi connectivity index (χ0) is 12.0. The van der Waals surface area contributed by atoms with Gasteiger partial charge in [-0.25, -0.2) is 0 Å². The summed E-state index contributed by atoms with van der Waals surface area (Å²) in [6, 6.07) is 0. The van der Waals surface area contributed by atoms with Gasteiger partial charge in [-0.15, -0.1) is 0 Å². The van der Waals surface area contributed by atoms with E-state index in [1.165, 1.54) is 0 Å². The zero-order valence-corrected chi connectivity index (χ0v) is 9.22. The Labute approximate surface area is 93.4 Å². The predicted molar refractivity (Wildman–Crippen MR) is 57.0 cm³/mol. The molecule has 1 aliphatic heterocycles. The van der Waals surface area contributed by atoms with E-state index in [-0.39, 0.29) is 6.10 Å². The average Bonchev–Trinajstić information content (AvgIpc) is 2.61. The number of ether oxygens (including phenoxy) is 1. The van der Waals surface area contributed by atoms with Crippen molar-refractivity contribution in [3.8, 4) is 0 Å². The van der Waals surface area contributed by atoms with Gasteiger partial charge in [0.05, 0.1) is 6.10 Å². The van der Waals surface area contributed by atoms with E-state index >= 15 is 0 Å². The molecule has 2 atom stereocenters. The summed E-state index contributed by atoms with van der Waals surface area (Å²) in [6.45, 7) is 3.08. The van der Waals surface area contributed by atoms with Crippen molar-refractivity contribution in [1.29, 1.82) is 0 Å². The first kappa shape index (κ1) is 12.8. The fourth-order valence-electron chi connectivity index (χ4n) is 1.84. The van der Waals surface area contributed by atoms with Crippen molar-refractivity contribution in [3.63, 3.8) is 0 Å². The molecule has 0 spiro atoms. The Kier molecular flexibility index (Phi) is 4.54. The molecular formula is C9H16N4O3. The standard InChI is InChI=1S/C9H16N4O3/c1-7-9(8(14)15,3-6-16-7)11-4-2-5-12-13-10/h7,11H,2-6H2,1H3,(H,14,15). The molecule has 2 unspecified atom stereocenters. The molecule has 0 aromatic heterocycles. The van der Waals surface area contributed by atoms with Gasteiger partial charge in [0.2, 0.25) is 0 Å². The Hall–Kier alpha value is -1.30. The highest BCUT2D eigenvalue weighted by atomic mass is 16.5. The summed E-state index contributed by atoms with van der Waals surface area (Å²) in [5.41, 5.74) is 7.09. The fraction of sp³-hybridized carbons (Fsp3) is 0.889. The van der Waals surface area contributed by atoms with Crippen LogP contribution in [0.2, 0.25) is 0 Å². The van der Waals surface area contributed by atoms with Crippen molar-refractivity contribution in [2.75, 3.05) is 19.7 Å². The largest absolute Gasteiger partial charge is 0.480 e. The molecule has 0 amide bonds. The number of hydrogen-bond acceptors (Lipinski definition) is 4. The molecule has 1 aliphatic rings. The highest BCUT2D eigenvalue weighted by Gasteiger charge is 2.47. The van der Waals surface area contributed by atoms with E-state index in [0.717, 1.165) is 0 Å². The quantitative estimate of drug-likeness (QED) is 0.305. The maximum absolute atomic E-state index is 11.2. The molecule has 0 aromatic rings. The number of carboxylic acid groups (broad SMARTS) is 1. The second-order valence-corrected chi connectivity index (χ2v) is 3.77. The summed E-state index contributed by atoms with van der Waals surface area (Å²) in [5, 5.41) is 15.6. The molecule has 1 rings (SSSR count). The van der Waals surface area contributed by atoms with Crippen LogP contribution in [0.15, 0.2) is 5.11 Å². The number of aliphatic carboxylic acids is 1. The first-order valence-corrected chi connectivity index (χ1v) is 5.24. The molecule has 0 aromatic carbocycles. The average molecular weight is 228 g/mol. The molecule has 16 heavy (non-hydrogen) atoms. The summed E-state index contributed by atoms with van der Waals surface area (Å²) in [5.74, 6) is -0.888. The van der Waals surface area contributed by atoms with Crippen LogP contribution in [0.5, 0.6) is 0 Å². The molecular weight excluding hydrogens is 212 g/mol. The van der Waals surface area contributed by atoms with E-state index in [1.54, 1.807) is 6.92 Å². The first-order chi connectivity index (χ1) is 7.63. The van der Waals surface area contributed by atoms with E-state index < -0.39 is 11.5 Å². The highest BCUT2D eigenvalue weighted by molar-refractivity contribution is 5.80. The van der Waals surface area contributed by atoms with E-state index in [4.69, 9.17) is 10.3 Å². The third-order valence-electron chi connectivity index (χ3n) is 2.88. The van der Waals surface area contributed by atoms with Gasteiger partial charge < -0.3 is 9.84 Å². The predicted octanol–water partition coefficient (Wildman–Crippen LogP) is 0.909. The van der Waals surface area contributed by atoms with Crippen LogP contribution in [0.25, 0.3) is 10.4 Å². The minimum absolute atomic E-state index is 0.343. The molecule has 1 saturated heterocycles. The maximum Gasteiger partial charge on any atom is 0.326 e. The number of carboxylic acids is 1. The van der Waals surface area contributed by atoms with E-state index in [2.05, 4.69) is 15.3 Å². The monoisotopic (exact) mass is 228 g/mol. The SMILES string of the molecule is CC1OCCC1(NCCCN=[N+]=[N-])C(=O)O. The summed E-state index contributed by atoms with van der Waals surface area (Å²) in [4.78, 5) is 13.9. The summed E-state index contributed by atoms with van der Waals surface area (Å²) in [6.07, 6.45) is 0.737. The van der Waals surface area contributed by atoms with Crippen molar-refractivity contribution in [2.45, 2.75) is 31.4 Å². The van der Waals surface area contributed by atoms with Gasteiger partial charge in [0.25, 0.3) is 0 Å². The first-order valence-electron chi connectivity index (χ1n) is 5.24. The smallest absolute Gasteiger partial charge is 0.326 e. The zero-order valence-electron chi connectivity index (χ0n) is 9.22. The van der Waals surface area contributed by atoms with Gasteiger partial charge in [0.1, 0.15) is 5.54 Å². The summed E-state index contributed by atoms with van der Waals surface area (Å²) >= 11 is 0. The minimum Gasteiger partial charge on any atom is -0.480 e. The lowest BCUT2D eigenvalue weighted by Gasteiger charge is -2.28. The number of rotatable bonds is 6. The molecule has 0 bridgehead atoms. The molecule has 0 aliphatic carbocycles. The molecule has 1 heterocycles. The van der Waals surface area contributed by atoms with Gasteiger partial charge in [0.15, 0.2) is 0 Å². The molecule has 0 radical (unpaired) electrons. The Bertz CT molecular complexity index is 303. The van der Waals surface area contributed by atoms with E-state index in [0.29, 0.717) is 32.5 Å². The van der Waals surface area contributed by atoms with Crippen LogP contribution in [0.3, 0.4) is 0 Å².